The molecule has 9 heteroatoms. The minimum absolute atomic E-state index is 0.306. The Morgan fingerprint density at radius 1 is 1.09 bits per heavy atom. The molecule has 2 fully saturated rings. The van der Waals surface area contributed by atoms with E-state index in [1.54, 1.807) is 6.33 Å². The van der Waals surface area contributed by atoms with E-state index in [0.29, 0.717) is 17.9 Å². The van der Waals surface area contributed by atoms with E-state index < -0.39 is 0 Å². The number of ether oxygens (including phenoxy) is 1. The molecule has 3 N–H and O–H groups in total. The molecule has 0 spiro atoms. The lowest BCUT2D eigenvalue weighted by Gasteiger charge is -2.39. The molecule has 166 valence electrons. The third kappa shape index (κ3) is 3.61. The number of nitrogens with one attached hydrogen (secondary N) is 3. The van der Waals surface area contributed by atoms with Gasteiger partial charge in [0.25, 0.3) is 0 Å². The van der Waals surface area contributed by atoms with Crippen LogP contribution in [0.5, 0.6) is 0 Å². The van der Waals surface area contributed by atoms with Crippen LogP contribution in [-0.4, -0.2) is 68.4 Å². The highest BCUT2D eigenvalue weighted by Crippen LogP contribution is 2.41. The molecular formula is C23H27N7O2. The fraction of sp³-hybridized carbons (Fsp3) is 0.478. The highest BCUT2D eigenvalue weighted by atomic mass is 16.5. The third-order valence-corrected chi connectivity index (χ3v) is 7.04. The molecule has 9 nitrogen and oxygen atoms in total. The van der Waals surface area contributed by atoms with E-state index in [1.165, 1.54) is 18.4 Å². The Kier molecular flexibility index (Phi) is 4.99. The minimum Gasteiger partial charge on any atom is -0.379 e. The summed E-state index contributed by atoms with van der Waals surface area (Å²) in [4.78, 5) is 26.0. The van der Waals surface area contributed by atoms with E-state index >= 15 is 0 Å². The van der Waals surface area contributed by atoms with Gasteiger partial charge in [-0.1, -0.05) is 12.1 Å². The minimum atomic E-state index is -0.306. The third-order valence-electron chi connectivity index (χ3n) is 7.04. The van der Waals surface area contributed by atoms with Crippen molar-refractivity contribution in [3.8, 4) is 22.5 Å². The smallest absolute Gasteiger partial charge is 0.340 e. The topological polar surface area (TPSA) is 112 Å². The highest BCUT2D eigenvalue weighted by Gasteiger charge is 2.29. The summed E-state index contributed by atoms with van der Waals surface area (Å²) in [6, 6.07) is 7.26. The molecule has 0 bridgehead atoms. The first kappa shape index (κ1) is 19.6. The second kappa shape index (κ2) is 8.14. The number of aromatic nitrogens is 5. The van der Waals surface area contributed by atoms with E-state index in [2.05, 4.69) is 47.5 Å². The maximum Gasteiger partial charge on any atom is 0.340 e. The molecule has 1 aromatic carbocycles. The first-order valence-corrected chi connectivity index (χ1v) is 11.4. The average molecular weight is 434 g/mol. The maximum absolute atomic E-state index is 11.5. The molecule has 1 saturated carbocycles. The SMILES string of the molecule is O=c1[nH]nc(-c2ccc3c(c2)-c2c(ncnc2NC2CCC(N4CCOCC4)CC2)C3)[nH]1. The van der Waals surface area contributed by atoms with Crippen LogP contribution < -0.4 is 11.0 Å². The molecule has 1 aliphatic heterocycles. The van der Waals surface area contributed by atoms with Gasteiger partial charge in [0, 0.05) is 42.7 Å². The van der Waals surface area contributed by atoms with Crippen molar-refractivity contribution < 1.29 is 4.74 Å². The Morgan fingerprint density at radius 2 is 1.94 bits per heavy atom. The predicted molar refractivity (Wildman–Crippen MR) is 121 cm³/mol. The van der Waals surface area contributed by atoms with E-state index in [1.807, 2.05) is 6.07 Å². The Bertz CT molecular complexity index is 1170. The molecule has 3 aliphatic rings. The van der Waals surface area contributed by atoms with E-state index in [4.69, 9.17) is 4.74 Å². The predicted octanol–water partition coefficient (Wildman–Crippen LogP) is 2.18. The maximum atomic E-state index is 11.5. The standard InChI is InChI=1S/C23H27N7O2/c31-23-27-21(28-29-23)15-2-1-14-12-19-20(18(14)11-15)22(25-13-24-19)26-16-3-5-17(6-4-16)30-7-9-32-10-8-30/h1-2,11,13,16-17H,3-10,12H2,(H,24,25,26)(H2,27,28,29,31). The molecule has 6 rings (SSSR count). The van der Waals surface area contributed by atoms with Crippen LogP contribution in [0, 0.1) is 0 Å². The van der Waals surface area contributed by atoms with Gasteiger partial charge in [-0.25, -0.2) is 19.9 Å². The molecular weight excluding hydrogens is 406 g/mol. The summed E-state index contributed by atoms with van der Waals surface area (Å²) in [7, 11) is 0. The number of H-pyrrole nitrogens is 2. The van der Waals surface area contributed by atoms with Gasteiger partial charge in [0.2, 0.25) is 0 Å². The average Bonchev–Trinajstić information content (AvgIpc) is 3.43. The van der Waals surface area contributed by atoms with E-state index in [0.717, 1.165) is 73.8 Å². The Hall–Kier alpha value is -3.04. The van der Waals surface area contributed by atoms with Crippen LogP contribution in [0.4, 0.5) is 5.82 Å². The van der Waals surface area contributed by atoms with Crippen LogP contribution in [-0.2, 0) is 11.2 Å². The Labute approximate surface area is 185 Å². The fourth-order valence-corrected chi connectivity index (χ4v) is 5.37. The molecule has 1 saturated heterocycles. The molecule has 0 atom stereocenters. The summed E-state index contributed by atoms with van der Waals surface area (Å²) >= 11 is 0. The van der Waals surface area contributed by atoms with E-state index in [9.17, 15) is 4.79 Å². The fourth-order valence-electron chi connectivity index (χ4n) is 5.37. The van der Waals surface area contributed by atoms with Gasteiger partial charge in [0.15, 0.2) is 5.82 Å². The molecule has 32 heavy (non-hydrogen) atoms. The molecule has 0 amide bonds. The zero-order chi connectivity index (χ0) is 21.5. The lowest BCUT2D eigenvalue weighted by atomic mass is 9.89. The van der Waals surface area contributed by atoms with Crippen molar-refractivity contribution in [3.05, 3.63) is 46.3 Å². The number of hydrogen-bond donors (Lipinski definition) is 3. The van der Waals surface area contributed by atoms with Gasteiger partial charge >= 0.3 is 5.69 Å². The number of morpholine rings is 1. The van der Waals surface area contributed by atoms with Crippen molar-refractivity contribution >= 4 is 5.82 Å². The van der Waals surface area contributed by atoms with Crippen LogP contribution in [0.1, 0.15) is 36.9 Å². The van der Waals surface area contributed by atoms with Crippen molar-refractivity contribution in [1.29, 1.82) is 0 Å². The van der Waals surface area contributed by atoms with Crippen LogP contribution in [0.15, 0.2) is 29.3 Å². The quantitative estimate of drug-likeness (QED) is 0.452. The van der Waals surface area contributed by atoms with Crippen molar-refractivity contribution in [1.82, 2.24) is 30.0 Å². The number of fused-ring (bicyclic) bond motifs is 3. The summed E-state index contributed by atoms with van der Waals surface area (Å²) in [5.41, 5.74) is 5.03. The van der Waals surface area contributed by atoms with Crippen LogP contribution in [0.25, 0.3) is 22.5 Å². The van der Waals surface area contributed by atoms with Crippen LogP contribution in [0.3, 0.4) is 0 Å². The summed E-state index contributed by atoms with van der Waals surface area (Å²) in [5, 5.41) is 10.3. The molecule has 0 unspecified atom stereocenters. The normalized spacial score (nSPS) is 23.0. The summed E-state index contributed by atoms with van der Waals surface area (Å²) < 4.78 is 5.51. The number of nitrogens with zero attached hydrogens (tertiary/aromatic N) is 4. The molecule has 2 aliphatic carbocycles. The van der Waals surface area contributed by atoms with Crippen molar-refractivity contribution in [3.63, 3.8) is 0 Å². The van der Waals surface area contributed by atoms with Gasteiger partial charge in [0.1, 0.15) is 12.1 Å². The summed E-state index contributed by atoms with van der Waals surface area (Å²) in [6.45, 7) is 3.84. The van der Waals surface area contributed by atoms with Gasteiger partial charge in [-0.3, -0.25) is 9.88 Å². The zero-order valence-electron chi connectivity index (χ0n) is 17.9. The van der Waals surface area contributed by atoms with Gasteiger partial charge in [0.05, 0.1) is 18.9 Å². The Morgan fingerprint density at radius 3 is 2.72 bits per heavy atom. The molecule has 0 radical (unpaired) electrons. The number of aromatic amines is 2. The number of rotatable bonds is 4. The van der Waals surface area contributed by atoms with E-state index in [-0.39, 0.29) is 5.69 Å². The molecule has 2 aromatic heterocycles. The lowest BCUT2D eigenvalue weighted by Crippen LogP contribution is -2.46. The second-order valence-corrected chi connectivity index (χ2v) is 8.92. The van der Waals surface area contributed by atoms with Gasteiger partial charge in [-0.05, 0) is 42.9 Å². The van der Waals surface area contributed by atoms with Gasteiger partial charge < -0.3 is 10.1 Å². The zero-order valence-corrected chi connectivity index (χ0v) is 17.9. The van der Waals surface area contributed by atoms with Crippen LogP contribution >= 0.6 is 0 Å². The highest BCUT2D eigenvalue weighted by molar-refractivity contribution is 5.86. The lowest BCUT2D eigenvalue weighted by molar-refractivity contribution is 0.00791. The monoisotopic (exact) mass is 433 g/mol. The number of benzene rings is 1. The Balaban J connectivity index is 1.22. The van der Waals surface area contributed by atoms with Crippen molar-refractivity contribution in [2.24, 2.45) is 0 Å². The summed E-state index contributed by atoms with van der Waals surface area (Å²) in [5.74, 6) is 1.45. The second-order valence-electron chi connectivity index (χ2n) is 8.92. The first-order valence-electron chi connectivity index (χ1n) is 11.4. The number of anilines is 1. The first-order chi connectivity index (χ1) is 15.7. The van der Waals surface area contributed by atoms with Gasteiger partial charge in [-0.15, -0.1) is 0 Å². The molecule has 3 aromatic rings. The number of hydrogen-bond acceptors (Lipinski definition) is 7. The van der Waals surface area contributed by atoms with Crippen molar-refractivity contribution in [2.45, 2.75) is 44.2 Å². The van der Waals surface area contributed by atoms with Crippen molar-refractivity contribution in [2.75, 3.05) is 31.6 Å². The van der Waals surface area contributed by atoms with Gasteiger partial charge in [-0.2, -0.15) is 5.10 Å². The largest absolute Gasteiger partial charge is 0.379 e. The van der Waals surface area contributed by atoms with Crippen LogP contribution in [0.2, 0.25) is 0 Å². The summed E-state index contributed by atoms with van der Waals surface area (Å²) in [6.07, 6.45) is 7.16. The molecule has 3 heterocycles.